The van der Waals surface area contributed by atoms with E-state index in [1.54, 1.807) is 17.8 Å². The Bertz CT molecular complexity index is 515. The molecule has 1 aromatic heterocycles. The molecule has 0 spiro atoms. The molecule has 0 aliphatic heterocycles. The Labute approximate surface area is 110 Å². The second-order valence-corrected chi connectivity index (χ2v) is 5.25. The van der Waals surface area contributed by atoms with Gasteiger partial charge in [-0.05, 0) is 24.3 Å². The lowest BCUT2D eigenvalue weighted by Gasteiger charge is -2.12. The zero-order chi connectivity index (χ0) is 13.0. The van der Waals surface area contributed by atoms with Crippen molar-refractivity contribution in [1.29, 1.82) is 0 Å². The summed E-state index contributed by atoms with van der Waals surface area (Å²) in [6.45, 7) is 2.13. The number of furan rings is 1. The minimum absolute atomic E-state index is 0.0895. The Morgan fingerprint density at radius 1 is 1.50 bits per heavy atom. The number of para-hydroxylation sites is 1. The number of benzene rings is 1. The van der Waals surface area contributed by atoms with Gasteiger partial charge in [0.1, 0.15) is 5.76 Å². The van der Waals surface area contributed by atoms with Crippen LogP contribution in [0.1, 0.15) is 25.1 Å². The van der Waals surface area contributed by atoms with Crippen molar-refractivity contribution >= 4 is 22.7 Å². The van der Waals surface area contributed by atoms with E-state index in [4.69, 9.17) is 10.3 Å². The van der Waals surface area contributed by atoms with E-state index in [0.29, 0.717) is 11.3 Å². The first-order valence-corrected chi connectivity index (χ1v) is 7.13. The van der Waals surface area contributed by atoms with Crippen LogP contribution in [0, 0.1) is 5.82 Å². The fraction of sp³-hybridized carbons (Fsp3) is 0.385. The normalized spacial score (nSPS) is 13.1. The number of hydrogen-bond acceptors (Lipinski definition) is 4. The molecule has 0 aliphatic rings. The quantitative estimate of drug-likeness (QED) is 0.480. The molecule has 98 valence electrons. The molecule has 2 aromatic rings. The summed E-state index contributed by atoms with van der Waals surface area (Å²) in [5.74, 6) is 7.76. The van der Waals surface area contributed by atoms with E-state index in [9.17, 15) is 4.39 Å². The summed E-state index contributed by atoms with van der Waals surface area (Å²) in [5.41, 5.74) is 3.02. The molecular formula is C13H17FN2OS. The van der Waals surface area contributed by atoms with Gasteiger partial charge >= 0.3 is 0 Å². The molecule has 0 amide bonds. The van der Waals surface area contributed by atoms with E-state index in [-0.39, 0.29) is 11.9 Å². The highest BCUT2D eigenvalue weighted by Gasteiger charge is 2.16. The first-order chi connectivity index (χ1) is 8.76. The molecular weight excluding hydrogens is 251 g/mol. The van der Waals surface area contributed by atoms with Gasteiger partial charge in [-0.1, -0.05) is 19.1 Å². The first kappa shape index (κ1) is 13.4. The Balaban J connectivity index is 2.20. The number of nitrogens with two attached hydrogens (primary N) is 1. The topological polar surface area (TPSA) is 51.2 Å². The van der Waals surface area contributed by atoms with Crippen LogP contribution in [0.5, 0.6) is 0 Å². The number of rotatable bonds is 6. The van der Waals surface area contributed by atoms with E-state index < -0.39 is 0 Å². The summed E-state index contributed by atoms with van der Waals surface area (Å²) in [7, 11) is 0. The SMILES string of the molecule is CCCSCC(NN)c1cc2cccc(F)c2o1. The molecule has 3 N–H and O–H groups in total. The molecule has 1 heterocycles. The van der Waals surface area contributed by atoms with Crippen LogP contribution in [0.15, 0.2) is 28.7 Å². The van der Waals surface area contributed by atoms with Gasteiger partial charge in [0, 0.05) is 11.1 Å². The van der Waals surface area contributed by atoms with E-state index in [2.05, 4.69) is 12.3 Å². The highest BCUT2D eigenvalue weighted by Crippen LogP contribution is 2.27. The maximum atomic E-state index is 13.5. The summed E-state index contributed by atoms with van der Waals surface area (Å²) < 4.78 is 19.1. The van der Waals surface area contributed by atoms with Gasteiger partial charge in [0.05, 0.1) is 6.04 Å². The van der Waals surface area contributed by atoms with Crippen LogP contribution >= 0.6 is 11.8 Å². The maximum Gasteiger partial charge on any atom is 0.169 e. The lowest BCUT2D eigenvalue weighted by atomic mass is 10.2. The van der Waals surface area contributed by atoms with Crippen LogP contribution in [0.3, 0.4) is 0 Å². The van der Waals surface area contributed by atoms with Crippen LogP contribution in [0.4, 0.5) is 4.39 Å². The van der Waals surface area contributed by atoms with Gasteiger partial charge in [0.2, 0.25) is 0 Å². The number of thioether (sulfide) groups is 1. The minimum atomic E-state index is -0.337. The van der Waals surface area contributed by atoms with Gasteiger partial charge in [-0.25, -0.2) is 9.82 Å². The van der Waals surface area contributed by atoms with Crippen molar-refractivity contribution in [2.75, 3.05) is 11.5 Å². The molecule has 18 heavy (non-hydrogen) atoms. The van der Waals surface area contributed by atoms with Crippen LogP contribution in [0.25, 0.3) is 11.0 Å². The Hall–Kier alpha value is -1.04. The van der Waals surface area contributed by atoms with Gasteiger partial charge in [-0.3, -0.25) is 5.84 Å². The molecule has 2 rings (SSSR count). The van der Waals surface area contributed by atoms with E-state index >= 15 is 0 Å². The van der Waals surface area contributed by atoms with Crippen LogP contribution < -0.4 is 11.3 Å². The maximum absolute atomic E-state index is 13.5. The van der Waals surface area contributed by atoms with Crippen molar-refractivity contribution in [3.05, 3.63) is 35.8 Å². The fourth-order valence-corrected chi connectivity index (χ4v) is 2.73. The highest BCUT2D eigenvalue weighted by atomic mass is 32.2. The third kappa shape index (κ3) is 2.85. The minimum Gasteiger partial charge on any atom is -0.456 e. The molecule has 0 aliphatic carbocycles. The molecule has 0 radical (unpaired) electrons. The predicted molar refractivity (Wildman–Crippen MR) is 73.9 cm³/mol. The summed E-state index contributed by atoms with van der Waals surface area (Å²) in [6, 6.07) is 6.65. The lowest BCUT2D eigenvalue weighted by Crippen LogP contribution is -2.29. The predicted octanol–water partition coefficient (Wildman–Crippen LogP) is 3.22. The van der Waals surface area contributed by atoms with Crippen molar-refractivity contribution in [1.82, 2.24) is 5.43 Å². The third-order valence-electron chi connectivity index (χ3n) is 2.69. The zero-order valence-electron chi connectivity index (χ0n) is 10.3. The fourth-order valence-electron chi connectivity index (χ4n) is 1.78. The Morgan fingerprint density at radius 3 is 3.00 bits per heavy atom. The average Bonchev–Trinajstić information content (AvgIpc) is 2.80. The molecule has 5 heteroatoms. The molecule has 1 unspecified atom stereocenters. The second-order valence-electron chi connectivity index (χ2n) is 4.10. The second kappa shape index (κ2) is 6.22. The highest BCUT2D eigenvalue weighted by molar-refractivity contribution is 7.99. The summed E-state index contributed by atoms with van der Waals surface area (Å²) in [6.07, 6.45) is 1.12. The number of fused-ring (bicyclic) bond motifs is 1. The van der Waals surface area contributed by atoms with Gasteiger partial charge in [0.15, 0.2) is 11.4 Å². The number of hydrogen-bond donors (Lipinski definition) is 2. The molecule has 0 saturated carbocycles. The van der Waals surface area contributed by atoms with Crippen molar-refractivity contribution < 1.29 is 8.81 Å². The lowest BCUT2D eigenvalue weighted by molar-refractivity contribution is 0.453. The Kier molecular flexibility index (Phi) is 4.63. The largest absolute Gasteiger partial charge is 0.456 e. The standard InChI is InChI=1S/C13H17FN2OS/c1-2-6-18-8-11(16-15)12-7-9-4-3-5-10(14)13(9)17-12/h3-5,7,11,16H,2,6,8,15H2,1H3. The monoisotopic (exact) mass is 268 g/mol. The van der Waals surface area contributed by atoms with Crippen molar-refractivity contribution in [3.8, 4) is 0 Å². The Morgan fingerprint density at radius 2 is 2.33 bits per heavy atom. The van der Waals surface area contributed by atoms with E-state index in [0.717, 1.165) is 23.3 Å². The van der Waals surface area contributed by atoms with E-state index in [1.807, 2.05) is 12.1 Å². The van der Waals surface area contributed by atoms with Crippen molar-refractivity contribution in [2.24, 2.45) is 5.84 Å². The van der Waals surface area contributed by atoms with E-state index in [1.165, 1.54) is 6.07 Å². The smallest absolute Gasteiger partial charge is 0.169 e. The van der Waals surface area contributed by atoms with Crippen molar-refractivity contribution in [2.45, 2.75) is 19.4 Å². The summed E-state index contributed by atoms with van der Waals surface area (Å²) >= 11 is 1.80. The van der Waals surface area contributed by atoms with Crippen LogP contribution in [-0.4, -0.2) is 11.5 Å². The molecule has 1 atom stereocenters. The summed E-state index contributed by atoms with van der Waals surface area (Å²) in [4.78, 5) is 0. The number of halogens is 1. The van der Waals surface area contributed by atoms with Crippen LogP contribution in [-0.2, 0) is 0 Å². The zero-order valence-corrected chi connectivity index (χ0v) is 11.1. The van der Waals surface area contributed by atoms with Gasteiger partial charge in [0.25, 0.3) is 0 Å². The van der Waals surface area contributed by atoms with Crippen molar-refractivity contribution in [3.63, 3.8) is 0 Å². The molecule has 3 nitrogen and oxygen atoms in total. The number of hydrazine groups is 1. The third-order valence-corrected chi connectivity index (χ3v) is 3.96. The van der Waals surface area contributed by atoms with Gasteiger partial charge in [-0.15, -0.1) is 0 Å². The van der Waals surface area contributed by atoms with Crippen LogP contribution in [0.2, 0.25) is 0 Å². The first-order valence-electron chi connectivity index (χ1n) is 5.98. The molecule has 0 bridgehead atoms. The molecule has 1 aromatic carbocycles. The molecule has 0 saturated heterocycles. The number of nitrogens with one attached hydrogen (secondary N) is 1. The molecule has 0 fully saturated rings. The van der Waals surface area contributed by atoms with Gasteiger partial charge in [-0.2, -0.15) is 11.8 Å². The summed E-state index contributed by atoms with van der Waals surface area (Å²) in [5, 5.41) is 0.769. The average molecular weight is 268 g/mol. The van der Waals surface area contributed by atoms with Gasteiger partial charge < -0.3 is 4.42 Å².